The molecule has 1 fully saturated rings. The maximum absolute atomic E-state index is 4.91. The molecule has 3 aromatic heterocycles. The number of pyridine rings is 2. The molecule has 0 radical (unpaired) electrons. The van der Waals surface area contributed by atoms with Crippen molar-refractivity contribution in [3.05, 3.63) is 59.7 Å². The van der Waals surface area contributed by atoms with Gasteiger partial charge in [0.05, 0.1) is 17.4 Å². The monoisotopic (exact) mass is 376 g/mol. The molecule has 6 nitrogen and oxygen atoms in total. The number of anilines is 1. The van der Waals surface area contributed by atoms with Crippen LogP contribution in [0.4, 0.5) is 5.82 Å². The minimum Gasteiger partial charge on any atom is -0.355 e. The Morgan fingerprint density at radius 2 is 1.96 bits per heavy atom. The van der Waals surface area contributed by atoms with Crippen molar-refractivity contribution in [1.29, 1.82) is 0 Å². The third kappa shape index (κ3) is 3.16. The number of imidazole rings is 1. The standard InChI is InChI=1S/C22H28N6/c1-25-11-13-27(14-12-25)21-7-3-6-20-24-18(16-28(20)21)15-26(2)19-9-8-17-5-4-10-23-22(17)19/h3-7,10,16,19H,8-9,11-15H2,1-2H3. The first-order chi connectivity index (χ1) is 13.7. The van der Waals surface area contributed by atoms with E-state index in [0.29, 0.717) is 6.04 Å². The van der Waals surface area contributed by atoms with Crippen LogP contribution in [-0.2, 0) is 13.0 Å². The van der Waals surface area contributed by atoms with Crippen LogP contribution < -0.4 is 4.90 Å². The highest BCUT2D eigenvalue weighted by Crippen LogP contribution is 2.34. The van der Waals surface area contributed by atoms with E-state index in [1.807, 2.05) is 12.3 Å². The molecule has 5 rings (SSSR count). The van der Waals surface area contributed by atoms with Gasteiger partial charge in [-0.05, 0) is 50.7 Å². The molecule has 0 saturated carbocycles. The van der Waals surface area contributed by atoms with Crippen LogP contribution in [-0.4, -0.2) is 64.4 Å². The van der Waals surface area contributed by atoms with Gasteiger partial charge in [-0.2, -0.15) is 0 Å². The van der Waals surface area contributed by atoms with Crippen LogP contribution in [0, 0.1) is 0 Å². The van der Waals surface area contributed by atoms with Gasteiger partial charge in [0.1, 0.15) is 11.5 Å². The molecule has 1 saturated heterocycles. The summed E-state index contributed by atoms with van der Waals surface area (Å²) in [5.74, 6) is 1.25. The number of hydrogen-bond acceptors (Lipinski definition) is 5. The number of nitrogens with zero attached hydrogens (tertiary/aromatic N) is 6. The molecular weight excluding hydrogens is 348 g/mol. The van der Waals surface area contributed by atoms with E-state index < -0.39 is 0 Å². The van der Waals surface area contributed by atoms with E-state index in [4.69, 9.17) is 4.98 Å². The highest BCUT2D eigenvalue weighted by atomic mass is 15.3. The fourth-order valence-electron chi connectivity index (χ4n) is 4.60. The van der Waals surface area contributed by atoms with Crippen molar-refractivity contribution in [1.82, 2.24) is 24.2 Å². The fourth-order valence-corrected chi connectivity index (χ4v) is 4.60. The molecular formula is C22H28N6. The zero-order valence-electron chi connectivity index (χ0n) is 16.8. The van der Waals surface area contributed by atoms with Crippen LogP contribution in [0.5, 0.6) is 0 Å². The van der Waals surface area contributed by atoms with E-state index in [1.165, 1.54) is 17.1 Å². The number of aryl methyl sites for hydroxylation is 1. The smallest absolute Gasteiger partial charge is 0.138 e. The molecule has 1 aliphatic heterocycles. The first-order valence-corrected chi connectivity index (χ1v) is 10.2. The zero-order valence-corrected chi connectivity index (χ0v) is 16.8. The Hall–Kier alpha value is -2.44. The normalized spacial score (nSPS) is 20.2. The molecule has 3 aromatic rings. The fraction of sp³-hybridized carbons (Fsp3) is 0.455. The number of rotatable bonds is 4. The van der Waals surface area contributed by atoms with Gasteiger partial charge in [0.2, 0.25) is 0 Å². The third-order valence-corrected chi connectivity index (χ3v) is 6.22. The summed E-state index contributed by atoms with van der Waals surface area (Å²) in [7, 11) is 4.39. The van der Waals surface area contributed by atoms with Crippen molar-refractivity contribution in [3.63, 3.8) is 0 Å². The number of piperazine rings is 1. The second-order valence-electron chi connectivity index (χ2n) is 8.15. The molecule has 0 amide bonds. The number of likely N-dealkylation sites (N-methyl/N-ethyl adjacent to an activating group) is 1. The van der Waals surface area contributed by atoms with Crippen LogP contribution in [0.3, 0.4) is 0 Å². The first-order valence-electron chi connectivity index (χ1n) is 10.2. The van der Waals surface area contributed by atoms with Crippen LogP contribution in [0.25, 0.3) is 5.65 Å². The minimum atomic E-state index is 0.387. The molecule has 6 heteroatoms. The average Bonchev–Trinajstić information content (AvgIpc) is 3.32. The van der Waals surface area contributed by atoms with Crippen molar-refractivity contribution in [3.8, 4) is 0 Å². The van der Waals surface area contributed by atoms with E-state index in [9.17, 15) is 0 Å². The first kappa shape index (κ1) is 17.6. The summed E-state index contributed by atoms with van der Waals surface area (Å²) in [6, 6.07) is 11.1. The van der Waals surface area contributed by atoms with E-state index >= 15 is 0 Å². The van der Waals surface area contributed by atoms with Gasteiger partial charge in [-0.3, -0.25) is 14.3 Å². The third-order valence-electron chi connectivity index (χ3n) is 6.22. The Balaban J connectivity index is 1.38. The summed E-state index contributed by atoms with van der Waals surface area (Å²) in [5, 5.41) is 0. The Labute approximate surface area is 166 Å². The Morgan fingerprint density at radius 3 is 2.82 bits per heavy atom. The molecule has 28 heavy (non-hydrogen) atoms. The van der Waals surface area contributed by atoms with Crippen molar-refractivity contribution in [2.45, 2.75) is 25.4 Å². The lowest BCUT2D eigenvalue weighted by Crippen LogP contribution is -2.45. The molecule has 1 unspecified atom stereocenters. The Kier molecular flexibility index (Phi) is 4.53. The predicted octanol–water partition coefficient (Wildman–Crippen LogP) is 2.60. The summed E-state index contributed by atoms with van der Waals surface area (Å²) in [6.45, 7) is 5.18. The Bertz CT molecular complexity index is 972. The largest absolute Gasteiger partial charge is 0.355 e. The maximum atomic E-state index is 4.91. The molecule has 1 atom stereocenters. The van der Waals surface area contributed by atoms with Crippen LogP contribution in [0.1, 0.15) is 29.4 Å². The van der Waals surface area contributed by atoms with Gasteiger partial charge in [-0.1, -0.05) is 12.1 Å². The van der Waals surface area contributed by atoms with Crippen molar-refractivity contribution in [2.75, 3.05) is 45.2 Å². The molecule has 0 aromatic carbocycles. The van der Waals surface area contributed by atoms with Crippen molar-refractivity contribution in [2.24, 2.45) is 0 Å². The number of aromatic nitrogens is 3. The van der Waals surface area contributed by atoms with Crippen LogP contribution in [0.15, 0.2) is 42.7 Å². The number of fused-ring (bicyclic) bond motifs is 2. The highest BCUT2D eigenvalue weighted by molar-refractivity contribution is 5.53. The summed E-state index contributed by atoms with van der Waals surface area (Å²) in [4.78, 5) is 16.8. The lowest BCUT2D eigenvalue weighted by molar-refractivity contribution is 0.230. The average molecular weight is 377 g/mol. The predicted molar refractivity (Wildman–Crippen MR) is 112 cm³/mol. The van der Waals surface area contributed by atoms with Gasteiger partial charge in [-0.25, -0.2) is 4.98 Å². The van der Waals surface area contributed by atoms with E-state index in [-0.39, 0.29) is 0 Å². The lowest BCUT2D eigenvalue weighted by Gasteiger charge is -2.34. The number of hydrogen-bond donors (Lipinski definition) is 0. The van der Waals surface area contributed by atoms with Crippen LogP contribution >= 0.6 is 0 Å². The maximum Gasteiger partial charge on any atom is 0.138 e. The summed E-state index contributed by atoms with van der Waals surface area (Å²) < 4.78 is 2.26. The van der Waals surface area contributed by atoms with Gasteiger partial charge in [-0.15, -0.1) is 0 Å². The quantitative estimate of drug-likeness (QED) is 0.700. The second-order valence-corrected chi connectivity index (χ2v) is 8.15. The van der Waals surface area contributed by atoms with Gasteiger partial charge in [0.15, 0.2) is 0 Å². The SMILES string of the molecule is CN1CCN(c2cccc3nc(CN(C)C4CCc5cccnc54)cn23)CC1. The molecule has 2 aliphatic rings. The minimum absolute atomic E-state index is 0.387. The van der Waals surface area contributed by atoms with Gasteiger partial charge in [0, 0.05) is 45.1 Å². The molecule has 4 heterocycles. The Morgan fingerprint density at radius 1 is 1.11 bits per heavy atom. The van der Waals surface area contributed by atoms with E-state index in [0.717, 1.165) is 56.9 Å². The van der Waals surface area contributed by atoms with Gasteiger partial charge in [0.25, 0.3) is 0 Å². The van der Waals surface area contributed by atoms with Crippen LogP contribution in [0.2, 0.25) is 0 Å². The molecule has 0 bridgehead atoms. The topological polar surface area (TPSA) is 39.9 Å². The summed E-state index contributed by atoms with van der Waals surface area (Å²) >= 11 is 0. The molecule has 1 aliphatic carbocycles. The van der Waals surface area contributed by atoms with Crippen molar-refractivity contribution < 1.29 is 0 Å². The molecule has 146 valence electrons. The lowest BCUT2D eigenvalue weighted by atomic mass is 10.2. The summed E-state index contributed by atoms with van der Waals surface area (Å²) in [6.07, 6.45) is 6.39. The van der Waals surface area contributed by atoms with E-state index in [1.54, 1.807) is 0 Å². The summed E-state index contributed by atoms with van der Waals surface area (Å²) in [5.41, 5.74) is 4.79. The van der Waals surface area contributed by atoms with Gasteiger partial charge < -0.3 is 9.80 Å². The van der Waals surface area contributed by atoms with E-state index in [2.05, 4.69) is 68.6 Å². The highest BCUT2D eigenvalue weighted by Gasteiger charge is 2.27. The molecule has 0 spiro atoms. The van der Waals surface area contributed by atoms with Crippen molar-refractivity contribution >= 4 is 11.5 Å². The molecule has 0 N–H and O–H groups in total. The van der Waals surface area contributed by atoms with Gasteiger partial charge >= 0.3 is 0 Å². The second kappa shape index (κ2) is 7.18. The zero-order chi connectivity index (χ0) is 19.1.